The van der Waals surface area contributed by atoms with Crippen molar-refractivity contribution in [3.8, 4) is 5.75 Å². The number of carboxylic acids is 1. The van der Waals surface area contributed by atoms with Gasteiger partial charge in [-0.1, -0.05) is 18.2 Å². The van der Waals surface area contributed by atoms with Gasteiger partial charge in [0.15, 0.2) is 5.60 Å². The summed E-state index contributed by atoms with van der Waals surface area (Å²) in [6.45, 7) is 1.11. The van der Waals surface area contributed by atoms with Crippen LogP contribution < -0.4 is 15.4 Å². The van der Waals surface area contributed by atoms with E-state index in [1.54, 1.807) is 7.11 Å². The largest absolute Gasteiger partial charge is 0.496 e. The van der Waals surface area contributed by atoms with Crippen LogP contribution >= 0.6 is 0 Å². The van der Waals surface area contributed by atoms with Gasteiger partial charge >= 0.3 is 12.0 Å². The first-order chi connectivity index (χ1) is 9.86. The molecule has 1 aromatic carbocycles. The van der Waals surface area contributed by atoms with E-state index in [2.05, 4.69) is 10.6 Å². The second kappa shape index (κ2) is 7.49. The number of benzene rings is 1. The number of amides is 2. The second-order valence-corrected chi connectivity index (χ2v) is 4.75. The van der Waals surface area contributed by atoms with Gasteiger partial charge in [0.2, 0.25) is 0 Å². The number of hydrogen-bond donors (Lipinski definition) is 4. The van der Waals surface area contributed by atoms with Crippen LogP contribution in [0.2, 0.25) is 0 Å². The molecule has 1 unspecified atom stereocenters. The van der Waals surface area contributed by atoms with Crippen LogP contribution in [0.25, 0.3) is 0 Å². The summed E-state index contributed by atoms with van der Waals surface area (Å²) in [6, 6.07) is 6.93. The highest BCUT2D eigenvalue weighted by Gasteiger charge is 2.30. The molecule has 0 spiro atoms. The molecule has 7 heteroatoms. The molecule has 0 aliphatic heterocycles. The summed E-state index contributed by atoms with van der Waals surface area (Å²) >= 11 is 0. The Morgan fingerprint density at radius 2 is 1.95 bits per heavy atom. The van der Waals surface area contributed by atoms with Gasteiger partial charge in [-0.25, -0.2) is 9.59 Å². The van der Waals surface area contributed by atoms with Gasteiger partial charge in [0, 0.05) is 6.54 Å². The van der Waals surface area contributed by atoms with E-state index in [0.29, 0.717) is 13.0 Å². The lowest BCUT2D eigenvalue weighted by atomic mass is 10.1. The quantitative estimate of drug-likeness (QED) is 0.581. The monoisotopic (exact) mass is 296 g/mol. The molecule has 1 atom stereocenters. The first kappa shape index (κ1) is 16.8. The molecule has 0 heterocycles. The van der Waals surface area contributed by atoms with Gasteiger partial charge in [0.05, 0.1) is 13.7 Å². The standard InChI is InChI=1S/C14H20N2O5/c1-14(20,12(17)18)9-16-13(19)15-8-7-10-5-3-4-6-11(10)21-2/h3-6,20H,7-9H2,1-2H3,(H,17,18)(H2,15,16,19). The third-order valence-corrected chi connectivity index (χ3v) is 2.93. The highest BCUT2D eigenvalue weighted by Crippen LogP contribution is 2.17. The van der Waals surface area contributed by atoms with Crippen LogP contribution in [-0.4, -0.2) is 48.0 Å². The average molecular weight is 296 g/mol. The molecule has 0 saturated heterocycles. The van der Waals surface area contributed by atoms with Gasteiger partial charge < -0.3 is 25.6 Å². The Labute approximate surface area is 122 Å². The number of aliphatic carboxylic acids is 1. The number of aliphatic hydroxyl groups is 1. The number of para-hydroxylation sites is 1. The van der Waals surface area contributed by atoms with Crippen molar-refractivity contribution >= 4 is 12.0 Å². The van der Waals surface area contributed by atoms with Gasteiger partial charge in [0.1, 0.15) is 5.75 Å². The van der Waals surface area contributed by atoms with Gasteiger partial charge in [-0.05, 0) is 25.0 Å². The van der Waals surface area contributed by atoms with E-state index in [-0.39, 0.29) is 6.54 Å². The van der Waals surface area contributed by atoms with E-state index in [9.17, 15) is 14.7 Å². The summed E-state index contributed by atoms with van der Waals surface area (Å²) in [5.74, 6) is -0.648. The first-order valence-electron chi connectivity index (χ1n) is 6.46. The molecule has 0 aliphatic rings. The topological polar surface area (TPSA) is 108 Å². The molecule has 0 saturated carbocycles. The molecule has 116 valence electrons. The maximum absolute atomic E-state index is 11.5. The van der Waals surface area contributed by atoms with Crippen LogP contribution in [-0.2, 0) is 11.2 Å². The maximum atomic E-state index is 11.5. The van der Waals surface area contributed by atoms with Crippen molar-refractivity contribution in [2.24, 2.45) is 0 Å². The average Bonchev–Trinajstić information content (AvgIpc) is 2.45. The lowest BCUT2D eigenvalue weighted by Crippen LogP contribution is -2.49. The van der Waals surface area contributed by atoms with Gasteiger partial charge in [-0.3, -0.25) is 0 Å². The normalized spacial score (nSPS) is 13.1. The minimum atomic E-state index is -1.99. The van der Waals surface area contributed by atoms with Crippen molar-refractivity contribution in [1.29, 1.82) is 0 Å². The zero-order chi connectivity index (χ0) is 15.9. The minimum Gasteiger partial charge on any atom is -0.496 e. The van der Waals surface area contributed by atoms with Crippen LogP contribution in [0.4, 0.5) is 4.79 Å². The number of carbonyl (C=O) groups excluding carboxylic acids is 1. The number of urea groups is 1. The molecule has 4 N–H and O–H groups in total. The SMILES string of the molecule is COc1ccccc1CCNC(=O)NCC(C)(O)C(=O)O. The van der Waals surface area contributed by atoms with Gasteiger partial charge in [-0.15, -0.1) is 0 Å². The van der Waals surface area contributed by atoms with Crippen molar-refractivity contribution < 1.29 is 24.5 Å². The molecule has 0 aliphatic carbocycles. The number of ether oxygens (including phenoxy) is 1. The molecular weight excluding hydrogens is 276 g/mol. The number of carbonyl (C=O) groups is 2. The van der Waals surface area contributed by atoms with Crippen molar-refractivity contribution in [3.63, 3.8) is 0 Å². The van der Waals surface area contributed by atoms with E-state index in [0.717, 1.165) is 18.2 Å². The summed E-state index contributed by atoms with van der Waals surface area (Å²) in [6.07, 6.45) is 0.576. The zero-order valence-electron chi connectivity index (χ0n) is 12.0. The van der Waals surface area contributed by atoms with Crippen molar-refractivity contribution in [1.82, 2.24) is 10.6 Å². The Morgan fingerprint density at radius 3 is 2.57 bits per heavy atom. The number of rotatable bonds is 7. The molecule has 0 fully saturated rings. The van der Waals surface area contributed by atoms with Crippen molar-refractivity contribution in [2.45, 2.75) is 18.9 Å². The third-order valence-electron chi connectivity index (χ3n) is 2.93. The molecule has 0 bridgehead atoms. The molecule has 21 heavy (non-hydrogen) atoms. The Bertz CT molecular complexity index is 502. The van der Waals surface area contributed by atoms with Crippen LogP contribution in [0.3, 0.4) is 0 Å². The lowest BCUT2D eigenvalue weighted by Gasteiger charge is -2.18. The first-order valence-corrected chi connectivity index (χ1v) is 6.46. The predicted molar refractivity (Wildman–Crippen MR) is 76.4 cm³/mol. The summed E-state index contributed by atoms with van der Waals surface area (Å²) in [7, 11) is 1.58. The van der Waals surface area contributed by atoms with Crippen LogP contribution in [0, 0.1) is 0 Å². The van der Waals surface area contributed by atoms with E-state index in [4.69, 9.17) is 9.84 Å². The highest BCUT2D eigenvalue weighted by atomic mass is 16.5. The number of methoxy groups -OCH3 is 1. The fraction of sp³-hybridized carbons (Fsp3) is 0.429. The van der Waals surface area contributed by atoms with Crippen LogP contribution in [0.15, 0.2) is 24.3 Å². The Hall–Kier alpha value is -2.28. The smallest absolute Gasteiger partial charge is 0.337 e. The molecule has 7 nitrogen and oxygen atoms in total. The molecule has 0 radical (unpaired) electrons. The van der Waals surface area contributed by atoms with E-state index in [1.807, 2.05) is 24.3 Å². The number of carboxylic acid groups (broad SMARTS) is 1. The predicted octanol–water partition coefficient (Wildman–Crippen LogP) is 0.372. The molecule has 1 aromatic rings. The maximum Gasteiger partial charge on any atom is 0.337 e. The third kappa shape index (κ3) is 5.31. The lowest BCUT2D eigenvalue weighted by molar-refractivity contribution is -0.155. The van der Waals surface area contributed by atoms with E-state index >= 15 is 0 Å². The minimum absolute atomic E-state index is 0.363. The number of nitrogens with one attached hydrogen (secondary N) is 2. The highest BCUT2D eigenvalue weighted by molar-refractivity contribution is 5.79. The van der Waals surface area contributed by atoms with Gasteiger partial charge in [-0.2, -0.15) is 0 Å². The summed E-state index contributed by atoms with van der Waals surface area (Å²) in [5.41, 5.74) is -1.03. The van der Waals surface area contributed by atoms with Crippen LogP contribution in [0.1, 0.15) is 12.5 Å². The second-order valence-electron chi connectivity index (χ2n) is 4.75. The Morgan fingerprint density at radius 1 is 1.29 bits per heavy atom. The summed E-state index contributed by atoms with van der Waals surface area (Å²) in [5, 5.41) is 23.0. The fourth-order valence-electron chi connectivity index (χ4n) is 1.61. The molecule has 2 amide bonds. The molecule has 0 aromatic heterocycles. The Kier molecular flexibility index (Phi) is 5.98. The fourth-order valence-corrected chi connectivity index (χ4v) is 1.61. The zero-order valence-corrected chi connectivity index (χ0v) is 12.0. The van der Waals surface area contributed by atoms with Crippen LogP contribution in [0.5, 0.6) is 5.75 Å². The van der Waals surface area contributed by atoms with Crippen molar-refractivity contribution in [2.75, 3.05) is 20.2 Å². The summed E-state index contributed by atoms with van der Waals surface area (Å²) in [4.78, 5) is 22.2. The summed E-state index contributed by atoms with van der Waals surface area (Å²) < 4.78 is 5.19. The Balaban J connectivity index is 2.36. The van der Waals surface area contributed by atoms with E-state index in [1.165, 1.54) is 0 Å². The molecule has 1 rings (SSSR count). The molecular formula is C14H20N2O5. The van der Waals surface area contributed by atoms with Crippen molar-refractivity contribution in [3.05, 3.63) is 29.8 Å². The van der Waals surface area contributed by atoms with Gasteiger partial charge in [0.25, 0.3) is 0 Å². The van der Waals surface area contributed by atoms with E-state index < -0.39 is 17.6 Å². The number of hydrogen-bond acceptors (Lipinski definition) is 4.